The molecule has 0 amide bonds. The van der Waals surface area contributed by atoms with Gasteiger partial charge in [0.2, 0.25) is 0 Å². The molecule has 0 spiro atoms. The van der Waals surface area contributed by atoms with E-state index in [0.717, 1.165) is 0 Å². The molecule has 16 heavy (non-hydrogen) atoms. The standard InChI is InChI=1S/3C2H8N2.3BrH.Ru/c3*3-1-2-4;;;;/h3*1-4H2;3*1H;/q;;;;;;+3/p-3. The second-order valence-corrected chi connectivity index (χ2v) is 25.9. The average Bonchev–Trinajstić information content (AvgIpc) is 2.28. The molecule has 0 aromatic carbocycles. The van der Waals surface area contributed by atoms with Crippen LogP contribution in [0.4, 0.5) is 0 Å². The van der Waals surface area contributed by atoms with Gasteiger partial charge in [0.15, 0.2) is 0 Å². The van der Waals surface area contributed by atoms with Gasteiger partial charge in [-0.3, -0.25) is 0 Å². The van der Waals surface area contributed by atoms with Crippen molar-refractivity contribution >= 4 is 40.9 Å². The third-order valence-corrected chi connectivity index (χ3v) is 0.500. The zero-order chi connectivity index (χ0) is 13.8. The summed E-state index contributed by atoms with van der Waals surface area (Å²) in [5.41, 5.74) is 29.4. The summed E-state index contributed by atoms with van der Waals surface area (Å²) >= 11 is 9.74. The summed E-state index contributed by atoms with van der Waals surface area (Å²) in [6.07, 6.45) is 0. The van der Waals surface area contributed by atoms with Crippen LogP contribution in [-0.2, 0) is 10.1 Å². The van der Waals surface area contributed by atoms with Crippen molar-refractivity contribution in [1.82, 2.24) is 0 Å². The molecular formula is C6H24Br3N6Ru. The van der Waals surface area contributed by atoms with E-state index in [1.54, 1.807) is 0 Å². The Balaban J connectivity index is -0.0000000600. The van der Waals surface area contributed by atoms with Gasteiger partial charge in [-0.2, -0.15) is 0 Å². The van der Waals surface area contributed by atoms with Gasteiger partial charge in [-0.25, -0.2) is 0 Å². The second kappa shape index (κ2) is 36.0. The van der Waals surface area contributed by atoms with Crippen LogP contribution < -0.4 is 34.4 Å². The molecule has 0 saturated carbocycles. The molecule has 0 aliphatic heterocycles. The molecule has 0 aromatic heterocycles. The first kappa shape index (κ1) is 26.4. The van der Waals surface area contributed by atoms with E-state index in [0.29, 0.717) is 39.3 Å². The molecule has 0 bridgehead atoms. The predicted octanol–water partition coefficient (Wildman–Crippen LogP) is -0.754. The number of hydrogen-bond donors (Lipinski definition) is 6. The Hall–Kier alpha value is 1.82. The molecule has 0 saturated heterocycles. The maximum atomic E-state index is 4.90. The summed E-state index contributed by atoms with van der Waals surface area (Å²) in [6.45, 7) is 3.58. The van der Waals surface area contributed by atoms with Gasteiger partial charge in [0.05, 0.1) is 0 Å². The van der Waals surface area contributed by atoms with E-state index >= 15 is 0 Å². The van der Waals surface area contributed by atoms with Gasteiger partial charge >= 0.3 is 50.9 Å². The normalized spacial score (nSPS) is 8.44. The van der Waals surface area contributed by atoms with E-state index in [1.165, 1.54) is 0 Å². The number of nitrogens with two attached hydrogens (primary N) is 6. The fourth-order valence-electron chi connectivity index (χ4n) is 0. The van der Waals surface area contributed by atoms with Gasteiger partial charge < -0.3 is 34.4 Å². The molecule has 10 heteroatoms. The Morgan fingerprint density at radius 1 is 0.500 bits per heavy atom. The first-order chi connectivity index (χ1) is 7.47. The molecule has 0 rings (SSSR count). The van der Waals surface area contributed by atoms with Gasteiger partial charge in [0, 0.05) is 39.3 Å². The summed E-state index contributed by atoms with van der Waals surface area (Å²) < 4.78 is 0. The van der Waals surface area contributed by atoms with Gasteiger partial charge in [-0.05, 0) is 0 Å². The van der Waals surface area contributed by atoms with Crippen LogP contribution in [0.15, 0.2) is 0 Å². The topological polar surface area (TPSA) is 156 Å². The van der Waals surface area contributed by atoms with Crippen LogP contribution in [-0.4, -0.2) is 39.3 Å². The zero-order valence-electron chi connectivity index (χ0n) is 9.19. The first-order valence-corrected chi connectivity index (χ1v) is 16.3. The molecule has 12 N–H and O–H groups in total. The van der Waals surface area contributed by atoms with E-state index in [-0.39, 0.29) is 0 Å². The van der Waals surface area contributed by atoms with Gasteiger partial charge in [-0.1, -0.05) is 0 Å². The Kier molecular flexibility index (Phi) is 59.3. The summed E-state index contributed by atoms with van der Waals surface area (Å²) in [4.78, 5) is 0. The Morgan fingerprint density at radius 3 is 0.562 bits per heavy atom. The number of hydrogen-bond acceptors (Lipinski definition) is 6. The van der Waals surface area contributed by atoms with Crippen LogP contribution >= 0.6 is 40.9 Å². The molecule has 0 aliphatic rings. The monoisotopic (exact) mass is 519 g/mol. The van der Waals surface area contributed by atoms with Crippen LogP contribution in [0.1, 0.15) is 0 Å². The number of halogens is 3. The summed E-state index contributed by atoms with van der Waals surface area (Å²) in [6, 6.07) is 0. The number of rotatable bonds is 3. The van der Waals surface area contributed by atoms with Crippen molar-refractivity contribution in [3.63, 3.8) is 0 Å². The molecule has 0 aromatic rings. The molecule has 0 radical (unpaired) electrons. The maximum absolute atomic E-state index is 4.90. The van der Waals surface area contributed by atoms with E-state index in [1.807, 2.05) is 0 Å². The van der Waals surface area contributed by atoms with Crippen molar-refractivity contribution in [2.75, 3.05) is 39.3 Å². The third-order valence-electron chi connectivity index (χ3n) is 0.500. The molecule has 0 fully saturated rings. The molecular weight excluding hydrogens is 497 g/mol. The molecule has 0 aliphatic carbocycles. The van der Waals surface area contributed by atoms with Crippen LogP contribution in [0.2, 0.25) is 0 Å². The van der Waals surface area contributed by atoms with Crippen molar-refractivity contribution in [1.29, 1.82) is 0 Å². The van der Waals surface area contributed by atoms with Crippen molar-refractivity contribution in [3.8, 4) is 0 Å². The van der Waals surface area contributed by atoms with Crippen molar-refractivity contribution < 1.29 is 10.1 Å². The van der Waals surface area contributed by atoms with Gasteiger partial charge in [-0.15, -0.1) is 0 Å². The summed E-state index contributed by atoms with van der Waals surface area (Å²) in [5.74, 6) is 0. The van der Waals surface area contributed by atoms with E-state index in [9.17, 15) is 0 Å². The van der Waals surface area contributed by atoms with Crippen LogP contribution in [0.25, 0.3) is 0 Å². The third kappa shape index (κ3) is 149. The fourth-order valence-corrected chi connectivity index (χ4v) is 0. The predicted molar refractivity (Wildman–Crippen MR) is 81.1 cm³/mol. The minimum atomic E-state index is -0.732. The van der Waals surface area contributed by atoms with Gasteiger partial charge in [0.1, 0.15) is 0 Å². The molecule has 0 unspecified atom stereocenters. The van der Waals surface area contributed by atoms with Crippen molar-refractivity contribution in [3.05, 3.63) is 0 Å². The van der Waals surface area contributed by atoms with Gasteiger partial charge in [0.25, 0.3) is 0 Å². The van der Waals surface area contributed by atoms with E-state index in [2.05, 4.69) is 40.9 Å². The average molecular weight is 521 g/mol. The molecule has 0 atom stereocenters. The fraction of sp³-hybridized carbons (Fsp3) is 1.00. The SMILES string of the molecule is NCCN.NCCN.NCCN.[Br][Ru]([Br])[Br]. The Morgan fingerprint density at radius 2 is 0.562 bits per heavy atom. The quantitative estimate of drug-likeness (QED) is 0.269. The minimum absolute atomic E-state index is 0.597. The van der Waals surface area contributed by atoms with Crippen LogP contribution in [0.5, 0.6) is 0 Å². The Labute approximate surface area is 124 Å². The Bertz CT molecular complexity index is 65.0. The summed E-state index contributed by atoms with van der Waals surface area (Å²) in [7, 11) is -0.732. The first-order valence-electron chi connectivity index (χ1n) is 4.35. The molecule has 107 valence electrons. The van der Waals surface area contributed by atoms with Crippen molar-refractivity contribution in [2.45, 2.75) is 0 Å². The van der Waals surface area contributed by atoms with E-state index in [4.69, 9.17) is 34.4 Å². The van der Waals surface area contributed by atoms with Crippen LogP contribution in [0.3, 0.4) is 0 Å². The second-order valence-electron chi connectivity index (χ2n) is 1.88. The molecule has 0 heterocycles. The van der Waals surface area contributed by atoms with Crippen LogP contribution in [0, 0.1) is 0 Å². The van der Waals surface area contributed by atoms with E-state index < -0.39 is 10.1 Å². The van der Waals surface area contributed by atoms with Crippen molar-refractivity contribution in [2.24, 2.45) is 34.4 Å². The zero-order valence-corrected chi connectivity index (χ0v) is 15.7. The molecule has 6 nitrogen and oxygen atoms in total. The summed E-state index contributed by atoms with van der Waals surface area (Å²) in [5, 5.41) is 0.